The van der Waals surface area contributed by atoms with Crippen LogP contribution in [0, 0.1) is 5.41 Å². The van der Waals surface area contributed by atoms with Crippen molar-refractivity contribution in [1.82, 2.24) is 25.3 Å². The van der Waals surface area contributed by atoms with Gasteiger partial charge in [0, 0.05) is 24.7 Å². The molecule has 0 saturated carbocycles. The molecular weight excluding hydrogens is 480 g/mol. The number of carbonyl (C=O) groups excluding carboxylic acids is 1. The van der Waals surface area contributed by atoms with Crippen LogP contribution in [-0.2, 0) is 16.1 Å². The first-order valence-corrected chi connectivity index (χ1v) is 11.4. The Kier molecular flexibility index (Phi) is 7.46. The summed E-state index contributed by atoms with van der Waals surface area (Å²) in [6.07, 6.45) is 0.890. The van der Waals surface area contributed by atoms with Crippen LogP contribution >= 0.6 is 0 Å². The van der Waals surface area contributed by atoms with Gasteiger partial charge in [-0.15, -0.1) is 0 Å². The molecule has 2 heterocycles. The van der Waals surface area contributed by atoms with Gasteiger partial charge < -0.3 is 31.9 Å². The highest BCUT2D eigenvalue weighted by Crippen LogP contribution is 2.35. The van der Waals surface area contributed by atoms with Gasteiger partial charge in [-0.1, -0.05) is 20.8 Å². The van der Waals surface area contributed by atoms with E-state index in [9.17, 15) is 19.5 Å². The predicted molar refractivity (Wildman–Crippen MR) is 137 cm³/mol. The standard InChI is InChI=1S/C24H30N8O5/c1-23(2,3)24(21(36)37,10-9-16(33)34)31-20(35)13-5-7-15(8-6-13)32(4)12-14-11-27-19-17(28-14)18(25)29-22(26)30-19/h5-8,11H,9-10,12H2,1-4H3,(H,31,35)(H,33,34)(H,36,37)(H4,25,26,27,29,30)/t24-/m0/s1. The maximum Gasteiger partial charge on any atom is 0.329 e. The second kappa shape index (κ2) is 10.2. The van der Waals surface area contributed by atoms with E-state index in [1.165, 1.54) is 0 Å². The van der Waals surface area contributed by atoms with Crippen molar-refractivity contribution < 1.29 is 24.6 Å². The molecular formula is C24H30N8O5. The number of anilines is 3. The molecule has 196 valence electrons. The zero-order valence-corrected chi connectivity index (χ0v) is 21.0. The van der Waals surface area contributed by atoms with Crippen LogP contribution in [0.15, 0.2) is 30.5 Å². The number of aromatic nitrogens is 4. The number of amides is 1. The van der Waals surface area contributed by atoms with Crippen molar-refractivity contribution in [3.05, 3.63) is 41.7 Å². The molecule has 0 aliphatic carbocycles. The van der Waals surface area contributed by atoms with Crippen molar-refractivity contribution in [2.75, 3.05) is 23.4 Å². The Hall–Kier alpha value is -4.55. The third-order valence-corrected chi connectivity index (χ3v) is 6.16. The summed E-state index contributed by atoms with van der Waals surface area (Å²) >= 11 is 0. The summed E-state index contributed by atoms with van der Waals surface area (Å²) in [5, 5.41) is 21.7. The third kappa shape index (κ3) is 5.82. The molecule has 0 radical (unpaired) electrons. The van der Waals surface area contributed by atoms with Crippen molar-refractivity contribution in [3.8, 4) is 0 Å². The Bertz CT molecular complexity index is 1340. The van der Waals surface area contributed by atoms with Crippen LogP contribution in [0.25, 0.3) is 11.2 Å². The maximum absolute atomic E-state index is 13.0. The van der Waals surface area contributed by atoms with Gasteiger partial charge in [-0.3, -0.25) is 9.59 Å². The lowest BCUT2D eigenvalue weighted by Crippen LogP contribution is -2.62. The lowest BCUT2D eigenvalue weighted by molar-refractivity contribution is -0.151. The molecule has 0 fully saturated rings. The quantitative estimate of drug-likeness (QED) is 0.278. The highest BCUT2D eigenvalue weighted by molar-refractivity contribution is 5.98. The lowest BCUT2D eigenvalue weighted by Gasteiger charge is -2.41. The van der Waals surface area contributed by atoms with E-state index in [1.54, 1.807) is 51.2 Å². The molecule has 13 heteroatoms. The smallest absolute Gasteiger partial charge is 0.329 e. The van der Waals surface area contributed by atoms with Crippen LogP contribution in [0.4, 0.5) is 17.5 Å². The number of carboxylic acids is 2. The molecule has 1 atom stereocenters. The Morgan fingerprint density at radius 2 is 1.68 bits per heavy atom. The molecule has 0 bridgehead atoms. The summed E-state index contributed by atoms with van der Waals surface area (Å²) in [7, 11) is 1.82. The molecule has 2 aromatic heterocycles. The van der Waals surface area contributed by atoms with Gasteiger partial charge in [0.05, 0.1) is 18.4 Å². The zero-order valence-electron chi connectivity index (χ0n) is 21.0. The number of nitrogen functional groups attached to an aromatic ring is 2. The molecule has 0 aliphatic heterocycles. The van der Waals surface area contributed by atoms with Crippen molar-refractivity contribution >= 4 is 46.5 Å². The summed E-state index contributed by atoms with van der Waals surface area (Å²) in [5.74, 6) is -2.92. The highest BCUT2D eigenvalue weighted by atomic mass is 16.4. The topological polar surface area (TPSA) is 211 Å². The highest BCUT2D eigenvalue weighted by Gasteiger charge is 2.50. The number of carboxylic acid groups (broad SMARTS) is 2. The molecule has 1 aromatic carbocycles. The van der Waals surface area contributed by atoms with Crippen molar-refractivity contribution in [1.29, 1.82) is 0 Å². The Balaban J connectivity index is 1.78. The Labute approximate surface area is 212 Å². The number of hydrogen-bond donors (Lipinski definition) is 5. The van der Waals surface area contributed by atoms with Crippen molar-refractivity contribution in [2.24, 2.45) is 5.41 Å². The Morgan fingerprint density at radius 3 is 2.24 bits per heavy atom. The first kappa shape index (κ1) is 27.0. The summed E-state index contributed by atoms with van der Waals surface area (Å²) < 4.78 is 0. The van der Waals surface area contributed by atoms with Crippen LogP contribution in [0.1, 0.15) is 49.7 Å². The molecule has 7 N–H and O–H groups in total. The molecule has 0 spiro atoms. The number of benzene rings is 1. The predicted octanol–water partition coefficient (Wildman–Crippen LogP) is 1.68. The number of carbonyl (C=O) groups is 3. The van der Waals surface area contributed by atoms with E-state index < -0.39 is 35.2 Å². The molecule has 37 heavy (non-hydrogen) atoms. The molecule has 1 amide bonds. The molecule has 0 aliphatic rings. The monoisotopic (exact) mass is 510 g/mol. The minimum absolute atomic E-state index is 0.0123. The minimum Gasteiger partial charge on any atom is -0.481 e. The average molecular weight is 511 g/mol. The first-order chi connectivity index (χ1) is 17.2. The van der Waals surface area contributed by atoms with E-state index in [0.717, 1.165) is 5.69 Å². The van der Waals surface area contributed by atoms with E-state index in [4.69, 9.17) is 16.6 Å². The van der Waals surface area contributed by atoms with Gasteiger partial charge in [-0.25, -0.2) is 14.8 Å². The summed E-state index contributed by atoms with van der Waals surface area (Å²) in [6.45, 7) is 5.29. The van der Waals surface area contributed by atoms with Crippen LogP contribution in [0.5, 0.6) is 0 Å². The second-order valence-corrected chi connectivity index (χ2v) is 9.71. The minimum atomic E-state index is -1.77. The van der Waals surface area contributed by atoms with Gasteiger partial charge in [-0.2, -0.15) is 9.97 Å². The Morgan fingerprint density at radius 1 is 1.03 bits per heavy atom. The summed E-state index contributed by atoms with van der Waals surface area (Å²) in [5.41, 5.74) is 11.0. The van der Waals surface area contributed by atoms with Gasteiger partial charge in [0.15, 0.2) is 17.0 Å². The van der Waals surface area contributed by atoms with Crippen LogP contribution in [-0.4, -0.2) is 60.6 Å². The van der Waals surface area contributed by atoms with Gasteiger partial charge in [0.25, 0.3) is 5.91 Å². The van der Waals surface area contributed by atoms with E-state index in [-0.39, 0.29) is 23.8 Å². The largest absolute Gasteiger partial charge is 0.481 e. The number of aliphatic carboxylic acids is 2. The zero-order chi connectivity index (χ0) is 27.5. The third-order valence-electron chi connectivity index (χ3n) is 6.16. The van der Waals surface area contributed by atoms with Crippen LogP contribution < -0.4 is 21.7 Å². The lowest BCUT2D eigenvalue weighted by atomic mass is 9.70. The molecule has 0 saturated heterocycles. The maximum atomic E-state index is 13.0. The number of nitrogens with zero attached hydrogens (tertiary/aromatic N) is 5. The number of hydrogen-bond acceptors (Lipinski definition) is 10. The first-order valence-electron chi connectivity index (χ1n) is 11.4. The van der Waals surface area contributed by atoms with Gasteiger partial charge in [-0.05, 0) is 36.1 Å². The van der Waals surface area contributed by atoms with E-state index in [1.807, 2.05) is 11.9 Å². The average Bonchev–Trinajstić information content (AvgIpc) is 2.81. The van der Waals surface area contributed by atoms with E-state index >= 15 is 0 Å². The van der Waals surface area contributed by atoms with Gasteiger partial charge in [0.2, 0.25) is 5.95 Å². The van der Waals surface area contributed by atoms with Gasteiger partial charge >= 0.3 is 11.9 Å². The van der Waals surface area contributed by atoms with Gasteiger partial charge in [0.1, 0.15) is 5.54 Å². The SMILES string of the molecule is CN(Cc1cnc2nc(N)nc(N)c2n1)c1ccc(C(=O)N[C@@](CCC(=O)O)(C(=O)O)C(C)(C)C)cc1. The normalized spacial score (nSPS) is 13.1. The number of nitrogens with two attached hydrogens (primary N) is 2. The number of rotatable bonds is 9. The van der Waals surface area contributed by atoms with E-state index in [2.05, 4.69) is 25.3 Å². The second-order valence-electron chi connectivity index (χ2n) is 9.71. The number of nitrogens with one attached hydrogen (secondary N) is 1. The molecule has 0 unspecified atom stereocenters. The van der Waals surface area contributed by atoms with Crippen molar-refractivity contribution in [2.45, 2.75) is 45.7 Å². The molecule has 3 rings (SSSR count). The molecule has 13 nitrogen and oxygen atoms in total. The molecule has 3 aromatic rings. The van der Waals surface area contributed by atoms with E-state index in [0.29, 0.717) is 23.4 Å². The number of fused-ring (bicyclic) bond motifs is 1. The fraction of sp³-hybridized carbons (Fsp3) is 0.375. The summed E-state index contributed by atoms with van der Waals surface area (Å²) in [4.78, 5) is 54.9. The van der Waals surface area contributed by atoms with Crippen LogP contribution in [0.3, 0.4) is 0 Å². The fourth-order valence-electron chi connectivity index (χ4n) is 3.93. The summed E-state index contributed by atoms with van der Waals surface area (Å²) in [6, 6.07) is 6.54. The fourth-order valence-corrected chi connectivity index (χ4v) is 3.93. The van der Waals surface area contributed by atoms with Crippen molar-refractivity contribution in [3.63, 3.8) is 0 Å². The van der Waals surface area contributed by atoms with Crippen LogP contribution in [0.2, 0.25) is 0 Å².